The molecule has 110 valence electrons. The van der Waals surface area contributed by atoms with Crippen molar-refractivity contribution in [1.29, 1.82) is 0 Å². The van der Waals surface area contributed by atoms with E-state index in [4.69, 9.17) is 9.84 Å². The summed E-state index contributed by atoms with van der Waals surface area (Å²) in [5.41, 5.74) is 1.28. The maximum absolute atomic E-state index is 13.5. The second-order valence-electron chi connectivity index (χ2n) is 5.18. The van der Waals surface area contributed by atoms with Gasteiger partial charge in [-0.2, -0.15) is 0 Å². The van der Waals surface area contributed by atoms with Crippen molar-refractivity contribution in [2.24, 2.45) is 5.92 Å². The lowest BCUT2D eigenvalue weighted by atomic mass is 10.1. The molecule has 0 amide bonds. The highest BCUT2D eigenvalue weighted by atomic mass is 19.1. The fourth-order valence-electron chi connectivity index (χ4n) is 1.76. The summed E-state index contributed by atoms with van der Waals surface area (Å²) < 4.78 is 19.1. The number of rotatable bonds is 7. The van der Waals surface area contributed by atoms with Crippen LogP contribution in [-0.4, -0.2) is 18.3 Å². The zero-order chi connectivity index (χ0) is 14.8. The minimum absolute atomic E-state index is 0.00667. The molecule has 2 nitrogen and oxygen atoms in total. The third kappa shape index (κ3) is 6.70. The van der Waals surface area contributed by atoms with E-state index in [1.165, 1.54) is 6.07 Å². The highest BCUT2D eigenvalue weighted by Gasteiger charge is 2.02. The van der Waals surface area contributed by atoms with Crippen molar-refractivity contribution in [3.05, 3.63) is 35.1 Å². The minimum atomic E-state index is -0.334. The molecule has 0 unspecified atom stereocenters. The van der Waals surface area contributed by atoms with Crippen molar-refractivity contribution in [3.8, 4) is 11.8 Å². The molecule has 20 heavy (non-hydrogen) atoms. The highest BCUT2D eigenvalue weighted by molar-refractivity contribution is 5.38. The Labute approximate surface area is 121 Å². The maximum Gasteiger partial charge on any atom is 0.138 e. The summed E-state index contributed by atoms with van der Waals surface area (Å²) in [6.07, 6.45) is 2.55. The van der Waals surface area contributed by atoms with Gasteiger partial charge in [0.05, 0.1) is 18.8 Å². The Hall–Kier alpha value is -1.37. The molecule has 0 aliphatic heterocycles. The first kappa shape index (κ1) is 16.7. The molecule has 1 rings (SSSR count). The zero-order valence-corrected chi connectivity index (χ0v) is 12.3. The Bertz CT molecular complexity index is 458. The van der Waals surface area contributed by atoms with Crippen LogP contribution in [0.15, 0.2) is 18.2 Å². The first-order valence-electron chi connectivity index (χ1n) is 7.09. The van der Waals surface area contributed by atoms with E-state index < -0.39 is 0 Å². The molecule has 1 aromatic carbocycles. The first-order valence-corrected chi connectivity index (χ1v) is 7.09. The predicted molar refractivity (Wildman–Crippen MR) is 78.7 cm³/mol. The SMILES string of the molecule is CC(C)CCCOCc1ccc(F)c(C#CCCO)c1. The second kappa shape index (κ2) is 9.52. The summed E-state index contributed by atoms with van der Waals surface area (Å²) in [6, 6.07) is 4.84. The van der Waals surface area contributed by atoms with Crippen molar-refractivity contribution in [1.82, 2.24) is 0 Å². The molecule has 3 heteroatoms. The van der Waals surface area contributed by atoms with Gasteiger partial charge in [0.15, 0.2) is 0 Å². The fourth-order valence-corrected chi connectivity index (χ4v) is 1.76. The van der Waals surface area contributed by atoms with Gasteiger partial charge in [-0.25, -0.2) is 4.39 Å². The Kier molecular flexibility index (Phi) is 7.94. The normalized spacial score (nSPS) is 10.4. The summed E-state index contributed by atoms with van der Waals surface area (Å²) in [4.78, 5) is 0. The van der Waals surface area contributed by atoms with Gasteiger partial charge in [0.2, 0.25) is 0 Å². The molecule has 0 saturated heterocycles. The molecule has 1 N–H and O–H groups in total. The van der Waals surface area contributed by atoms with Crippen LogP contribution < -0.4 is 0 Å². The van der Waals surface area contributed by atoms with Gasteiger partial charge >= 0.3 is 0 Å². The number of hydrogen-bond donors (Lipinski definition) is 1. The van der Waals surface area contributed by atoms with Gasteiger partial charge in [-0.05, 0) is 36.5 Å². The van der Waals surface area contributed by atoms with Crippen molar-refractivity contribution in [3.63, 3.8) is 0 Å². The zero-order valence-electron chi connectivity index (χ0n) is 12.3. The van der Waals surface area contributed by atoms with Crippen molar-refractivity contribution in [2.75, 3.05) is 13.2 Å². The van der Waals surface area contributed by atoms with E-state index in [1.54, 1.807) is 12.1 Å². The van der Waals surface area contributed by atoms with E-state index in [-0.39, 0.29) is 12.4 Å². The molecule has 0 spiro atoms. The van der Waals surface area contributed by atoms with Crippen LogP contribution in [-0.2, 0) is 11.3 Å². The molecular weight excluding hydrogens is 255 g/mol. The summed E-state index contributed by atoms with van der Waals surface area (Å²) in [6.45, 7) is 5.58. The van der Waals surface area contributed by atoms with E-state index in [1.807, 2.05) is 0 Å². The molecule has 0 fully saturated rings. The van der Waals surface area contributed by atoms with Crippen LogP contribution in [0.5, 0.6) is 0 Å². The number of aliphatic hydroxyl groups excluding tert-OH is 1. The molecule has 0 aromatic heterocycles. The molecular formula is C17H23FO2. The van der Waals surface area contributed by atoms with Crippen LogP contribution in [0.1, 0.15) is 44.2 Å². The minimum Gasteiger partial charge on any atom is -0.395 e. The number of hydrogen-bond acceptors (Lipinski definition) is 2. The first-order chi connectivity index (χ1) is 9.63. The van der Waals surface area contributed by atoms with Crippen LogP contribution in [0.4, 0.5) is 4.39 Å². The number of halogens is 1. The van der Waals surface area contributed by atoms with Gasteiger partial charge in [0.25, 0.3) is 0 Å². The third-order valence-electron chi connectivity index (χ3n) is 2.83. The van der Waals surface area contributed by atoms with Crippen LogP contribution in [0.2, 0.25) is 0 Å². The average molecular weight is 278 g/mol. The summed E-state index contributed by atoms with van der Waals surface area (Å²) >= 11 is 0. The fraction of sp³-hybridized carbons (Fsp3) is 0.529. The van der Waals surface area contributed by atoms with Crippen molar-refractivity contribution >= 4 is 0 Å². The molecule has 0 atom stereocenters. The molecule has 0 bridgehead atoms. The Balaban J connectivity index is 2.47. The van der Waals surface area contributed by atoms with Gasteiger partial charge in [0, 0.05) is 13.0 Å². The Morgan fingerprint density at radius 1 is 1.35 bits per heavy atom. The van der Waals surface area contributed by atoms with E-state index in [0.29, 0.717) is 24.5 Å². The van der Waals surface area contributed by atoms with E-state index in [2.05, 4.69) is 25.7 Å². The standard InChI is InChI=1S/C17H23FO2/c1-14(2)6-5-11-20-13-15-8-9-17(18)16(12-15)7-3-4-10-19/h8-9,12,14,19H,4-6,10-11,13H2,1-2H3. The number of benzene rings is 1. The summed E-state index contributed by atoms with van der Waals surface area (Å²) in [5.74, 6) is 5.82. The smallest absolute Gasteiger partial charge is 0.138 e. The van der Waals surface area contributed by atoms with Crippen molar-refractivity contribution in [2.45, 2.75) is 39.7 Å². The molecule has 0 aliphatic carbocycles. The highest BCUT2D eigenvalue weighted by Crippen LogP contribution is 2.11. The quantitative estimate of drug-likeness (QED) is 0.611. The average Bonchev–Trinajstić information content (AvgIpc) is 2.41. The lowest BCUT2D eigenvalue weighted by Gasteiger charge is -2.07. The van der Waals surface area contributed by atoms with Crippen LogP contribution >= 0.6 is 0 Å². The van der Waals surface area contributed by atoms with Crippen LogP contribution in [0, 0.1) is 23.6 Å². The maximum atomic E-state index is 13.5. The molecule has 0 saturated carbocycles. The van der Waals surface area contributed by atoms with Crippen LogP contribution in [0.25, 0.3) is 0 Å². The Morgan fingerprint density at radius 2 is 2.15 bits per heavy atom. The lowest BCUT2D eigenvalue weighted by molar-refractivity contribution is 0.115. The lowest BCUT2D eigenvalue weighted by Crippen LogP contribution is -1.98. The number of ether oxygens (including phenoxy) is 1. The van der Waals surface area contributed by atoms with E-state index >= 15 is 0 Å². The van der Waals surface area contributed by atoms with Gasteiger partial charge < -0.3 is 9.84 Å². The van der Waals surface area contributed by atoms with Gasteiger partial charge in [-0.15, -0.1) is 0 Å². The monoisotopic (exact) mass is 278 g/mol. The van der Waals surface area contributed by atoms with Gasteiger partial charge in [-0.1, -0.05) is 31.8 Å². The third-order valence-corrected chi connectivity index (χ3v) is 2.83. The summed E-state index contributed by atoms with van der Waals surface area (Å²) in [7, 11) is 0. The largest absolute Gasteiger partial charge is 0.395 e. The number of aliphatic hydroxyl groups is 1. The van der Waals surface area contributed by atoms with E-state index in [9.17, 15) is 4.39 Å². The van der Waals surface area contributed by atoms with Gasteiger partial charge in [-0.3, -0.25) is 0 Å². The summed E-state index contributed by atoms with van der Waals surface area (Å²) in [5, 5.41) is 8.66. The molecule has 1 aromatic rings. The molecule has 0 aliphatic rings. The van der Waals surface area contributed by atoms with Crippen molar-refractivity contribution < 1.29 is 14.2 Å². The van der Waals surface area contributed by atoms with E-state index in [0.717, 1.165) is 25.0 Å². The Morgan fingerprint density at radius 3 is 2.85 bits per heavy atom. The van der Waals surface area contributed by atoms with Gasteiger partial charge in [0.1, 0.15) is 5.82 Å². The molecule has 0 heterocycles. The predicted octanol–water partition coefficient (Wildman–Crippen LogP) is 3.51. The topological polar surface area (TPSA) is 29.5 Å². The second-order valence-corrected chi connectivity index (χ2v) is 5.18. The molecule has 0 radical (unpaired) electrons. The van der Waals surface area contributed by atoms with Crippen LogP contribution in [0.3, 0.4) is 0 Å².